The van der Waals surface area contributed by atoms with Crippen LogP contribution in [0.5, 0.6) is 11.5 Å². The second kappa shape index (κ2) is 11.0. The average molecular weight is 464 g/mol. The third-order valence-corrected chi connectivity index (χ3v) is 6.03. The zero-order valence-electron chi connectivity index (χ0n) is 18.2. The van der Waals surface area contributed by atoms with Gasteiger partial charge >= 0.3 is 0 Å². The summed E-state index contributed by atoms with van der Waals surface area (Å²) in [5.41, 5.74) is 1.65. The van der Waals surface area contributed by atoms with Gasteiger partial charge in [-0.25, -0.2) is 0 Å². The molecule has 0 bridgehead atoms. The smallest absolute Gasteiger partial charge is 0.257 e. The summed E-state index contributed by atoms with van der Waals surface area (Å²) in [6.07, 6.45) is 5.57. The number of likely N-dealkylation sites (tertiary alicyclic amines) is 1. The molecule has 1 aliphatic heterocycles. The molecule has 0 unspecified atom stereocenters. The van der Waals surface area contributed by atoms with Crippen molar-refractivity contribution in [3.63, 3.8) is 0 Å². The number of benzene rings is 2. The standard InChI is InChI=1S/C26H26ClN3O3/c27-21-5-7-22(8-6-21)33-24-4-2-1-3-23(24)26(32)30-17-12-20(13-18-30)25(31)29-16-11-19-9-14-28-15-10-19/h1-10,14-15,20H,11-13,16-18H2,(H,29,31). The van der Waals surface area contributed by atoms with Gasteiger partial charge in [0.05, 0.1) is 5.56 Å². The molecule has 2 heterocycles. The summed E-state index contributed by atoms with van der Waals surface area (Å²) in [7, 11) is 0. The molecular formula is C26H26ClN3O3. The summed E-state index contributed by atoms with van der Waals surface area (Å²) in [6, 6.07) is 18.1. The summed E-state index contributed by atoms with van der Waals surface area (Å²) in [4.78, 5) is 31.5. The quantitative estimate of drug-likeness (QED) is 0.549. The molecular weight excluding hydrogens is 438 g/mol. The van der Waals surface area contributed by atoms with Crippen molar-refractivity contribution in [2.75, 3.05) is 19.6 Å². The lowest BCUT2D eigenvalue weighted by Gasteiger charge is -2.31. The number of pyridine rings is 1. The maximum absolute atomic E-state index is 13.2. The van der Waals surface area contributed by atoms with E-state index in [1.807, 2.05) is 24.3 Å². The van der Waals surface area contributed by atoms with Crippen molar-refractivity contribution in [2.45, 2.75) is 19.3 Å². The predicted octanol–water partition coefficient (Wildman–Crippen LogP) is 4.74. The average Bonchev–Trinajstić information content (AvgIpc) is 2.86. The molecule has 33 heavy (non-hydrogen) atoms. The third kappa shape index (κ3) is 6.11. The molecule has 0 saturated carbocycles. The van der Waals surface area contributed by atoms with E-state index in [2.05, 4.69) is 10.3 Å². The largest absolute Gasteiger partial charge is 0.457 e. The number of piperidine rings is 1. The zero-order valence-corrected chi connectivity index (χ0v) is 19.0. The Hall–Kier alpha value is -3.38. The highest BCUT2D eigenvalue weighted by molar-refractivity contribution is 6.30. The molecule has 1 aromatic heterocycles. The van der Waals surface area contributed by atoms with Gasteiger partial charge in [-0.2, -0.15) is 0 Å². The molecule has 170 valence electrons. The highest BCUT2D eigenvalue weighted by Crippen LogP contribution is 2.28. The van der Waals surface area contributed by atoms with Crippen molar-refractivity contribution in [1.29, 1.82) is 0 Å². The number of hydrogen-bond acceptors (Lipinski definition) is 4. The van der Waals surface area contributed by atoms with E-state index in [-0.39, 0.29) is 17.7 Å². The fraction of sp³-hybridized carbons (Fsp3) is 0.269. The minimum atomic E-state index is -0.0869. The van der Waals surface area contributed by atoms with E-state index in [0.29, 0.717) is 54.6 Å². The van der Waals surface area contributed by atoms with Crippen LogP contribution in [0.2, 0.25) is 5.02 Å². The van der Waals surface area contributed by atoms with Crippen molar-refractivity contribution < 1.29 is 14.3 Å². The predicted molar refractivity (Wildman–Crippen MR) is 128 cm³/mol. The number of aromatic nitrogens is 1. The Morgan fingerprint density at radius 3 is 2.42 bits per heavy atom. The summed E-state index contributed by atoms with van der Waals surface area (Å²) >= 11 is 5.94. The third-order valence-electron chi connectivity index (χ3n) is 5.77. The molecule has 1 aliphatic rings. The van der Waals surface area contributed by atoms with Crippen LogP contribution in [0.25, 0.3) is 0 Å². The topological polar surface area (TPSA) is 71.5 Å². The van der Waals surface area contributed by atoms with Gasteiger partial charge < -0.3 is 15.0 Å². The molecule has 4 rings (SSSR count). The number of rotatable bonds is 7. The molecule has 2 amide bonds. The molecule has 1 saturated heterocycles. The van der Waals surface area contributed by atoms with Gasteiger partial charge in [0, 0.05) is 43.0 Å². The highest BCUT2D eigenvalue weighted by Gasteiger charge is 2.28. The Bertz CT molecular complexity index is 1080. The highest BCUT2D eigenvalue weighted by atomic mass is 35.5. The first-order valence-corrected chi connectivity index (χ1v) is 11.5. The van der Waals surface area contributed by atoms with Crippen LogP contribution < -0.4 is 10.1 Å². The number of para-hydroxylation sites is 1. The molecule has 2 aromatic carbocycles. The van der Waals surface area contributed by atoms with Crippen molar-refractivity contribution in [3.8, 4) is 11.5 Å². The van der Waals surface area contributed by atoms with Crippen molar-refractivity contribution >= 4 is 23.4 Å². The molecule has 1 N–H and O–H groups in total. The Labute approximate surface area is 198 Å². The number of carbonyl (C=O) groups excluding carboxylic acids is 2. The second-order valence-electron chi connectivity index (χ2n) is 8.02. The van der Waals surface area contributed by atoms with Crippen molar-refractivity contribution in [1.82, 2.24) is 15.2 Å². The second-order valence-corrected chi connectivity index (χ2v) is 8.45. The van der Waals surface area contributed by atoms with E-state index < -0.39 is 0 Å². The van der Waals surface area contributed by atoms with Gasteiger partial charge in [0.1, 0.15) is 11.5 Å². The zero-order chi connectivity index (χ0) is 23.0. The van der Waals surface area contributed by atoms with Gasteiger partial charge in [-0.1, -0.05) is 23.7 Å². The molecule has 0 spiro atoms. The van der Waals surface area contributed by atoms with Crippen LogP contribution in [-0.4, -0.2) is 41.3 Å². The molecule has 6 nitrogen and oxygen atoms in total. The maximum Gasteiger partial charge on any atom is 0.257 e. The maximum atomic E-state index is 13.2. The summed E-state index contributed by atoms with van der Waals surface area (Å²) < 4.78 is 5.94. The van der Waals surface area contributed by atoms with Gasteiger partial charge in [-0.15, -0.1) is 0 Å². The fourth-order valence-electron chi connectivity index (χ4n) is 3.90. The number of hydrogen-bond donors (Lipinski definition) is 1. The number of nitrogens with one attached hydrogen (secondary N) is 1. The lowest BCUT2D eigenvalue weighted by molar-refractivity contribution is -0.126. The minimum Gasteiger partial charge on any atom is -0.457 e. The molecule has 3 aromatic rings. The Morgan fingerprint density at radius 2 is 1.70 bits per heavy atom. The van der Waals surface area contributed by atoms with Crippen molar-refractivity contribution in [2.24, 2.45) is 5.92 Å². The number of carbonyl (C=O) groups is 2. The van der Waals surface area contributed by atoms with Crippen molar-refractivity contribution in [3.05, 3.63) is 89.2 Å². The minimum absolute atomic E-state index is 0.0580. The number of halogens is 1. The van der Waals surface area contributed by atoms with Gasteiger partial charge in [-0.3, -0.25) is 14.6 Å². The first kappa shape index (κ1) is 22.8. The van der Waals surface area contributed by atoms with Crippen LogP contribution in [-0.2, 0) is 11.2 Å². The number of nitrogens with zero attached hydrogens (tertiary/aromatic N) is 2. The van der Waals surface area contributed by atoms with Gasteiger partial charge in [0.15, 0.2) is 0 Å². The Morgan fingerprint density at radius 1 is 1.00 bits per heavy atom. The Kier molecular flexibility index (Phi) is 7.58. The van der Waals surface area contributed by atoms with E-state index in [0.717, 1.165) is 12.0 Å². The van der Waals surface area contributed by atoms with Gasteiger partial charge in [-0.05, 0) is 73.4 Å². The van der Waals surface area contributed by atoms with Crippen LogP contribution in [0, 0.1) is 5.92 Å². The molecule has 0 atom stereocenters. The van der Waals surface area contributed by atoms with Crippen LogP contribution >= 0.6 is 11.6 Å². The lowest BCUT2D eigenvalue weighted by Crippen LogP contribution is -2.43. The van der Waals surface area contributed by atoms with Crippen LogP contribution in [0.3, 0.4) is 0 Å². The van der Waals surface area contributed by atoms with Crippen LogP contribution in [0.4, 0.5) is 0 Å². The van der Waals surface area contributed by atoms with Crippen LogP contribution in [0.15, 0.2) is 73.1 Å². The van der Waals surface area contributed by atoms with E-state index in [9.17, 15) is 9.59 Å². The first-order valence-electron chi connectivity index (χ1n) is 11.1. The first-order chi connectivity index (χ1) is 16.1. The SMILES string of the molecule is O=C(NCCc1ccncc1)C1CCN(C(=O)c2ccccc2Oc2ccc(Cl)cc2)CC1. The summed E-state index contributed by atoms with van der Waals surface area (Å²) in [5, 5.41) is 3.65. The summed E-state index contributed by atoms with van der Waals surface area (Å²) in [6.45, 7) is 1.67. The van der Waals surface area contributed by atoms with Crippen LogP contribution in [0.1, 0.15) is 28.8 Å². The van der Waals surface area contributed by atoms with E-state index >= 15 is 0 Å². The lowest BCUT2D eigenvalue weighted by atomic mass is 9.95. The molecule has 0 aliphatic carbocycles. The van der Waals surface area contributed by atoms with E-state index in [1.54, 1.807) is 53.7 Å². The van der Waals surface area contributed by atoms with Gasteiger partial charge in [0.2, 0.25) is 5.91 Å². The summed E-state index contributed by atoms with van der Waals surface area (Å²) in [5.74, 6) is 1.01. The Balaban J connectivity index is 1.30. The molecule has 1 fully saturated rings. The number of ether oxygens (including phenoxy) is 1. The van der Waals surface area contributed by atoms with Gasteiger partial charge in [0.25, 0.3) is 5.91 Å². The van der Waals surface area contributed by atoms with E-state index in [1.165, 1.54) is 0 Å². The molecule has 0 radical (unpaired) electrons. The fourth-order valence-corrected chi connectivity index (χ4v) is 4.03. The molecule has 7 heteroatoms. The monoisotopic (exact) mass is 463 g/mol. The van der Waals surface area contributed by atoms with E-state index in [4.69, 9.17) is 16.3 Å². The normalized spacial score (nSPS) is 14.0. The number of amides is 2.